The molecule has 0 amide bonds. The van der Waals surface area contributed by atoms with Crippen molar-refractivity contribution in [2.45, 2.75) is 38.5 Å². The molecule has 0 aromatic heterocycles. The molecule has 0 atom stereocenters. The highest BCUT2D eigenvalue weighted by atomic mass is 15.0. The third-order valence-corrected chi connectivity index (χ3v) is 8.07. The maximum atomic E-state index is 5.16. The van der Waals surface area contributed by atoms with Crippen molar-refractivity contribution in [2.75, 3.05) is 0 Å². The molecule has 184 valence electrons. The maximum Gasteiger partial charge on any atom is 0.160 e. The van der Waals surface area contributed by atoms with Gasteiger partial charge in [0.1, 0.15) is 0 Å². The molecular formula is C34H28N4. The van der Waals surface area contributed by atoms with Crippen LogP contribution in [0.3, 0.4) is 0 Å². The van der Waals surface area contributed by atoms with Gasteiger partial charge in [-0.2, -0.15) is 0 Å². The predicted octanol–water partition coefficient (Wildman–Crippen LogP) is 7.72. The predicted molar refractivity (Wildman–Crippen MR) is 157 cm³/mol. The van der Waals surface area contributed by atoms with Crippen molar-refractivity contribution in [3.05, 3.63) is 130 Å². The number of nitrogens with zero attached hydrogens (tertiary/aromatic N) is 4. The minimum absolute atomic E-state index is 0.355. The Kier molecular flexibility index (Phi) is 4.80. The third-order valence-electron chi connectivity index (χ3n) is 8.07. The van der Waals surface area contributed by atoms with Gasteiger partial charge in [0, 0.05) is 33.1 Å². The lowest BCUT2D eigenvalue weighted by Crippen LogP contribution is -2.29. The van der Waals surface area contributed by atoms with E-state index in [9.17, 15) is 0 Å². The van der Waals surface area contributed by atoms with Crippen molar-refractivity contribution < 1.29 is 0 Å². The number of benzene rings is 4. The smallest absolute Gasteiger partial charge is 0.160 e. The van der Waals surface area contributed by atoms with Gasteiger partial charge in [-0.15, -0.1) is 0 Å². The van der Waals surface area contributed by atoms with Gasteiger partial charge in [-0.25, -0.2) is 20.0 Å². The summed E-state index contributed by atoms with van der Waals surface area (Å²) in [6.07, 6.45) is 0. The molecule has 38 heavy (non-hydrogen) atoms. The summed E-state index contributed by atoms with van der Waals surface area (Å²) < 4.78 is 0. The minimum atomic E-state index is -0.355. The molecule has 0 saturated carbocycles. The summed E-state index contributed by atoms with van der Waals surface area (Å²) in [6.45, 7) is 8.91. The van der Waals surface area contributed by atoms with Gasteiger partial charge in [0.15, 0.2) is 11.7 Å². The molecular weight excluding hydrogens is 464 g/mol. The standard InChI is InChI=1S/C34H28N4/c1-33(2)21-11-9-13-23(19-21)35-32-28-18-8-6-16-26(28)30(38-32)34(3,4)22-12-10-14-24(20-22)36-31-27-17-7-5-15-25(27)29(33)37-31/h5-20H,1-4H3. The molecule has 0 N–H and O–H groups in total. The zero-order valence-electron chi connectivity index (χ0n) is 22.0. The summed E-state index contributed by atoms with van der Waals surface area (Å²) in [4.78, 5) is 20.5. The Morgan fingerprint density at radius 1 is 0.421 bits per heavy atom. The first-order valence-electron chi connectivity index (χ1n) is 13.1. The van der Waals surface area contributed by atoms with Crippen LogP contribution in [0.5, 0.6) is 0 Å². The summed E-state index contributed by atoms with van der Waals surface area (Å²) in [5, 5.41) is 0. The van der Waals surface area contributed by atoms with E-state index in [0.717, 1.165) is 67.9 Å². The molecule has 4 aromatic rings. The molecule has 3 aliphatic rings. The second-order valence-electron chi connectivity index (χ2n) is 11.2. The number of fused-ring (bicyclic) bond motifs is 12. The number of amidine groups is 2. The summed E-state index contributed by atoms with van der Waals surface area (Å²) in [5.74, 6) is 1.51. The van der Waals surface area contributed by atoms with Gasteiger partial charge in [-0.3, -0.25) is 0 Å². The lowest BCUT2D eigenvalue weighted by Gasteiger charge is -2.26. The van der Waals surface area contributed by atoms with Crippen LogP contribution >= 0.6 is 0 Å². The average Bonchev–Trinajstić information content (AvgIpc) is 3.48. The monoisotopic (exact) mass is 492 g/mol. The van der Waals surface area contributed by atoms with Crippen LogP contribution in [0.4, 0.5) is 11.4 Å². The zero-order chi connectivity index (χ0) is 26.1. The first-order chi connectivity index (χ1) is 18.3. The van der Waals surface area contributed by atoms with E-state index in [-0.39, 0.29) is 10.8 Å². The first kappa shape index (κ1) is 22.7. The largest absolute Gasteiger partial charge is 0.232 e. The van der Waals surface area contributed by atoms with Crippen molar-refractivity contribution in [3.8, 4) is 0 Å². The Hall–Kier alpha value is -4.44. The van der Waals surface area contributed by atoms with Gasteiger partial charge in [-0.1, -0.05) is 100 Å². The van der Waals surface area contributed by atoms with Crippen LogP contribution in [0.25, 0.3) is 0 Å². The topological polar surface area (TPSA) is 49.4 Å². The van der Waals surface area contributed by atoms with Crippen molar-refractivity contribution >= 4 is 34.5 Å². The zero-order valence-corrected chi connectivity index (χ0v) is 22.0. The molecule has 0 saturated heterocycles. The maximum absolute atomic E-state index is 5.16. The third kappa shape index (κ3) is 3.37. The summed E-state index contributed by atoms with van der Waals surface area (Å²) in [7, 11) is 0. The van der Waals surface area contributed by atoms with Gasteiger partial charge in [-0.05, 0) is 35.4 Å². The Balaban J connectivity index is 1.54. The molecule has 3 heterocycles. The van der Waals surface area contributed by atoms with Crippen molar-refractivity contribution in [2.24, 2.45) is 20.0 Å². The van der Waals surface area contributed by atoms with E-state index in [4.69, 9.17) is 20.0 Å². The van der Waals surface area contributed by atoms with Gasteiger partial charge in [0.2, 0.25) is 0 Å². The van der Waals surface area contributed by atoms with Crippen molar-refractivity contribution in [1.29, 1.82) is 0 Å². The first-order valence-corrected chi connectivity index (χ1v) is 13.1. The quantitative estimate of drug-likeness (QED) is 0.241. The molecule has 3 aliphatic heterocycles. The minimum Gasteiger partial charge on any atom is -0.232 e. The molecule has 0 radical (unpaired) electrons. The Morgan fingerprint density at radius 3 is 1.24 bits per heavy atom. The van der Waals surface area contributed by atoms with Crippen LogP contribution in [0.2, 0.25) is 0 Å². The summed E-state index contributed by atoms with van der Waals surface area (Å²) in [6, 6.07) is 33.8. The van der Waals surface area contributed by atoms with E-state index in [1.807, 2.05) is 0 Å². The Bertz CT molecular complexity index is 1630. The van der Waals surface area contributed by atoms with Gasteiger partial charge in [0.05, 0.1) is 22.8 Å². The molecule has 4 aromatic carbocycles. The molecule has 0 spiro atoms. The molecule has 4 heteroatoms. The molecule has 0 fully saturated rings. The molecule has 8 bridgehead atoms. The number of hydrogen-bond donors (Lipinski definition) is 0. The fraction of sp³-hybridized carbons (Fsp3) is 0.176. The van der Waals surface area contributed by atoms with Crippen molar-refractivity contribution in [1.82, 2.24) is 0 Å². The van der Waals surface area contributed by atoms with Crippen LogP contribution in [-0.4, -0.2) is 23.1 Å². The van der Waals surface area contributed by atoms with Crippen molar-refractivity contribution in [3.63, 3.8) is 0 Å². The highest BCUT2D eigenvalue weighted by Crippen LogP contribution is 2.39. The lowest BCUT2D eigenvalue weighted by molar-refractivity contribution is 0.720. The Labute approximate surface area is 223 Å². The fourth-order valence-corrected chi connectivity index (χ4v) is 5.79. The molecule has 0 unspecified atom stereocenters. The van der Waals surface area contributed by atoms with Crippen LogP contribution < -0.4 is 0 Å². The van der Waals surface area contributed by atoms with E-state index < -0.39 is 0 Å². The number of aliphatic imine (C=N–C) groups is 4. The molecule has 4 nitrogen and oxygen atoms in total. The molecule has 0 aliphatic carbocycles. The van der Waals surface area contributed by atoms with Crippen LogP contribution in [-0.2, 0) is 10.8 Å². The lowest BCUT2D eigenvalue weighted by atomic mass is 9.77. The average molecular weight is 493 g/mol. The van der Waals surface area contributed by atoms with Crippen LogP contribution in [0, 0.1) is 0 Å². The normalized spacial score (nSPS) is 18.0. The van der Waals surface area contributed by atoms with Gasteiger partial charge in [0.25, 0.3) is 0 Å². The number of hydrogen-bond acceptors (Lipinski definition) is 4. The SMILES string of the molecule is CC1(C)C2=NC(=Nc3cccc(c3)C(C)(C)C3=NC(=Nc4cccc1c4)c1ccccc13)c1ccccc12. The van der Waals surface area contributed by atoms with Crippen LogP contribution in [0.15, 0.2) is 117 Å². The number of rotatable bonds is 0. The second kappa shape index (κ2) is 8.03. The van der Waals surface area contributed by atoms with E-state index in [2.05, 4.69) is 125 Å². The second-order valence-corrected chi connectivity index (χ2v) is 11.2. The highest BCUT2D eigenvalue weighted by molar-refractivity contribution is 6.27. The van der Waals surface area contributed by atoms with E-state index in [1.54, 1.807) is 0 Å². The Morgan fingerprint density at radius 2 is 0.816 bits per heavy atom. The highest BCUT2D eigenvalue weighted by Gasteiger charge is 2.37. The summed E-state index contributed by atoms with van der Waals surface area (Å²) >= 11 is 0. The summed E-state index contributed by atoms with van der Waals surface area (Å²) in [5.41, 5.74) is 9.81. The van der Waals surface area contributed by atoms with Gasteiger partial charge < -0.3 is 0 Å². The van der Waals surface area contributed by atoms with E-state index in [0.29, 0.717) is 0 Å². The fourth-order valence-electron chi connectivity index (χ4n) is 5.79. The van der Waals surface area contributed by atoms with E-state index >= 15 is 0 Å². The van der Waals surface area contributed by atoms with Gasteiger partial charge >= 0.3 is 0 Å². The van der Waals surface area contributed by atoms with Crippen LogP contribution in [0.1, 0.15) is 61.1 Å². The molecule has 7 rings (SSSR count). The van der Waals surface area contributed by atoms with E-state index in [1.165, 1.54) is 0 Å².